The summed E-state index contributed by atoms with van der Waals surface area (Å²) in [4.78, 5) is 105. The average molecular weight is 1280 g/mol. The van der Waals surface area contributed by atoms with Gasteiger partial charge in [-0.3, -0.25) is 58.4 Å². The van der Waals surface area contributed by atoms with Gasteiger partial charge < -0.3 is 31.9 Å². The summed E-state index contributed by atoms with van der Waals surface area (Å²) in [6.07, 6.45) is 17.5. The Labute approximate surface area is 555 Å². The number of para-hydroxylation sites is 3. The van der Waals surface area contributed by atoms with Gasteiger partial charge in [-0.15, -0.1) is 19.7 Å². The van der Waals surface area contributed by atoms with Gasteiger partial charge in [-0.05, 0) is 163 Å². The fourth-order valence-corrected chi connectivity index (χ4v) is 17.8. The second-order valence-electron chi connectivity index (χ2n) is 27.8. The molecule has 9 aliphatic rings. The summed E-state index contributed by atoms with van der Waals surface area (Å²) >= 11 is 0. The van der Waals surface area contributed by atoms with Crippen LogP contribution in [0.25, 0.3) is 32.7 Å². The van der Waals surface area contributed by atoms with Crippen molar-refractivity contribution < 1.29 is 0 Å². The van der Waals surface area contributed by atoms with Crippen LogP contribution in [0.4, 0.5) is 34.1 Å². The Morgan fingerprint density at radius 3 is 0.948 bits per heavy atom. The highest BCUT2D eigenvalue weighted by atomic mass is 16.2. The van der Waals surface area contributed by atoms with Gasteiger partial charge in [0, 0.05) is 92.1 Å². The number of nitrogens with one attached hydrogen (secondary N) is 6. The molecular weight excluding hydrogens is 1200 g/mol. The van der Waals surface area contributed by atoms with Crippen LogP contribution in [0.2, 0.25) is 0 Å². The normalized spacial score (nSPS) is 26.0. The van der Waals surface area contributed by atoms with Crippen molar-refractivity contribution in [1.82, 2.24) is 29.7 Å². The maximum atomic E-state index is 14.0. The smallest absolute Gasteiger partial charge is 0.253 e. The highest BCUT2D eigenvalue weighted by Gasteiger charge is 2.47. The first kappa shape index (κ1) is 61.1. The van der Waals surface area contributed by atoms with Crippen LogP contribution in [0, 0.1) is 35.5 Å². The van der Waals surface area contributed by atoms with Crippen LogP contribution in [0.5, 0.6) is 0 Å². The summed E-state index contributed by atoms with van der Waals surface area (Å²) in [7, 11) is 0. The third-order valence-electron chi connectivity index (χ3n) is 22.8. The van der Waals surface area contributed by atoms with Crippen LogP contribution >= 0.6 is 0 Å². The van der Waals surface area contributed by atoms with Gasteiger partial charge in [0.2, 0.25) is 0 Å². The molecule has 0 spiro atoms. The molecule has 0 radical (unpaired) electrons. The van der Waals surface area contributed by atoms with E-state index in [0.29, 0.717) is 35.5 Å². The first-order chi connectivity index (χ1) is 46.9. The molecule has 12 heterocycles. The van der Waals surface area contributed by atoms with E-state index < -0.39 is 32.6 Å². The minimum Gasteiger partial charge on any atom is -0.376 e. The maximum Gasteiger partial charge on any atom is 0.253 e. The van der Waals surface area contributed by atoms with Crippen LogP contribution < -0.4 is 64.5 Å². The second kappa shape index (κ2) is 25.1. The van der Waals surface area contributed by atoms with Crippen molar-refractivity contribution in [3.05, 3.63) is 260 Å². The minimum atomic E-state index is -0.624. The number of pyridine rings is 3. The molecule has 0 aliphatic carbocycles. The highest BCUT2D eigenvalue weighted by Crippen LogP contribution is 2.47. The van der Waals surface area contributed by atoms with E-state index in [2.05, 4.69) is 118 Å². The summed E-state index contributed by atoms with van der Waals surface area (Å²) in [5.74, 6) is 2.41. The zero-order chi connectivity index (χ0) is 65.5. The molecule has 0 amide bonds. The Balaban J connectivity index is 0.715. The lowest BCUT2D eigenvalue weighted by molar-refractivity contribution is 0.0105. The molecule has 15 atom stereocenters. The standard InChI is InChI=1S/C78H78N12O6/c1-4-46-40-88-28-22-49(46)34-61(88)64(55-19-25-79-58-16-10-7-13-52(55)58)85-70-67(73(91)76(70)94)82-37-43-31-44(38-83-68-71(77(95)74(68)92)86-65(56-20-26-80-59-17-11-8-14-53(56)59)62-35-50-23-29-89(62)41-47(50)5-2)33-45(32-43)39-84-69-72(78(96)75(69)93)87-66(57-21-27-81-60-18-12-9-15-54(57)60)63-36-51-24-30-90(63)42-48(51)6-3/h4-21,25-27,31-33,46-51,61-66,82-87H,1-3,22-24,28-30,34-42H2/t46-,47-,48-,49-,50-,51-,61+,62+,63+,64+,65+,66+/m0/s1. The molecule has 6 bridgehead atoms. The molecule has 96 heavy (non-hydrogen) atoms. The molecular formula is C78H78N12O6. The monoisotopic (exact) mass is 1280 g/mol. The predicted molar refractivity (Wildman–Crippen MR) is 382 cm³/mol. The van der Waals surface area contributed by atoms with Gasteiger partial charge in [-0.1, -0.05) is 91.0 Å². The maximum absolute atomic E-state index is 14.0. The first-order valence-electron chi connectivity index (χ1n) is 34.1. The van der Waals surface area contributed by atoms with Gasteiger partial charge in [0.15, 0.2) is 0 Å². The summed E-state index contributed by atoms with van der Waals surface area (Å²) in [6, 6.07) is 34.9. The zero-order valence-corrected chi connectivity index (χ0v) is 53.6. The third-order valence-corrected chi connectivity index (χ3v) is 22.8. The van der Waals surface area contributed by atoms with Crippen molar-refractivity contribution in [3.63, 3.8) is 0 Å². The van der Waals surface area contributed by atoms with Crippen molar-refractivity contribution >= 4 is 66.8 Å². The van der Waals surface area contributed by atoms with Gasteiger partial charge in [-0.25, -0.2) is 0 Å². The molecule has 18 heteroatoms. The molecule has 9 fully saturated rings. The molecule has 3 unspecified atom stereocenters. The Morgan fingerprint density at radius 1 is 0.396 bits per heavy atom. The lowest BCUT2D eigenvalue weighted by atomic mass is 9.73. The van der Waals surface area contributed by atoms with Crippen LogP contribution in [0.15, 0.2) is 195 Å². The third kappa shape index (κ3) is 10.7. The number of benzene rings is 4. The number of hydrogen-bond acceptors (Lipinski definition) is 18. The number of fused-ring (bicyclic) bond motifs is 12. The van der Waals surface area contributed by atoms with Crippen LogP contribution in [0.1, 0.15) is 90.0 Å². The van der Waals surface area contributed by atoms with Gasteiger partial charge >= 0.3 is 0 Å². The van der Waals surface area contributed by atoms with Crippen LogP contribution in [-0.4, -0.2) is 87.0 Å². The van der Waals surface area contributed by atoms with Crippen molar-refractivity contribution in [3.8, 4) is 0 Å². The SMILES string of the molecule is C=C[C@H]1CN2CC[C@H]1C[C@@H]2[C@H](Nc1c(NCc2cc(CNc3c(N[C@H](c4ccnc5ccccc45)[C@H]4C[C@@H]5CCN4C[C@@H]5C=C)c(=O)c3=O)cc(CNc3c(N[C@H](c4ccnc5ccccc45)[C@H]4C[C@@H]5CCN4C[C@@H]5C=C)c(=O)c3=O)c2)c(=O)c1=O)c1ccnc2ccccc12. The van der Waals surface area contributed by atoms with E-state index in [4.69, 9.17) is 0 Å². The largest absolute Gasteiger partial charge is 0.376 e. The number of aromatic nitrogens is 3. The van der Waals surface area contributed by atoms with E-state index in [1.807, 2.05) is 91.0 Å². The van der Waals surface area contributed by atoms with Crippen molar-refractivity contribution in [2.24, 2.45) is 35.5 Å². The van der Waals surface area contributed by atoms with Crippen molar-refractivity contribution in [1.29, 1.82) is 0 Å². The predicted octanol–water partition coefficient (Wildman–Crippen LogP) is 10.1. The summed E-state index contributed by atoms with van der Waals surface area (Å²) < 4.78 is 0. The molecule has 7 aromatic carbocycles. The lowest BCUT2D eigenvalue weighted by Crippen LogP contribution is -2.56. The van der Waals surface area contributed by atoms with E-state index >= 15 is 0 Å². The van der Waals surface area contributed by atoms with E-state index in [9.17, 15) is 28.8 Å². The van der Waals surface area contributed by atoms with Crippen LogP contribution in [0.3, 0.4) is 0 Å². The number of anilines is 6. The lowest BCUT2D eigenvalue weighted by Gasteiger charge is -2.52. The molecule has 486 valence electrons. The fourth-order valence-electron chi connectivity index (χ4n) is 17.8. The first-order valence-corrected chi connectivity index (χ1v) is 34.1. The van der Waals surface area contributed by atoms with Gasteiger partial charge in [0.1, 0.15) is 34.1 Å². The highest BCUT2D eigenvalue weighted by molar-refractivity contribution is 5.86. The molecule has 19 rings (SSSR count). The second-order valence-corrected chi connectivity index (χ2v) is 27.8. The van der Waals surface area contributed by atoms with E-state index in [-0.39, 0.29) is 90.0 Å². The Kier molecular flexibility index (Phi) is 16.0. The van der Waals surface area contributed by atoms with Crippen molar-refractivity contribution in [2.45, 2.75) is 94.4 Å². The van der Waals surface area contributed by atoms with E-state index in [0.717, 1.165) is 144 Å². The number of nitrogens with zero attached hydrogens (tertiary/aromatic N) is 6. The van der Waals surface area contributed by atoms with E-state index in [1.165, 1.54) is 0 Å². The molecule has 3 aromatic heterocycles. The summed E-state index contributed by atoms with van der Waals surface area (Å²) in [6.45, 7) is 18.2. The fraction of sp³-hybridized carbons (Fsp3) is 0.346. The molecule has 18 nitrogen and oxygen atoms in total. The molecule has 6 N–H and O–H groups in total. The molecule has 10 aromatic rings. The van der Waals surface area contributed by atoms with Gasteiger partial charge in [0.05, 0.1) is 34.7 Å². The Bertz CT molecular complexity index is 4430. The topological polar surface area (TPSA) is 223 Å². The Morgan fingerprint density at radius 2 is 0.677 bits per heavy atom. The van der Waals surface area contributed by atoms with Crippen LogP contribution in [-0.2, 0) is 19.6 Å². The zero-order valence-electron chi connectivity index (χ0n) is 53.6. The minimum absolute atomic E-state index is 0.0212. The molecule has 0 saturated carbocycles. The van der Waals surface area contributed by atoms with Gasteiger partial charge in [0.25, 0.3) is 32.6 Å². The summed E-state index contributed by atoms with van der Waals surface area (Å²) in [5.41, 5.74) is 5.24. The number of hydrogen-bond donors (Lipinski definition) is 6. The summed E-state index contributed by atoms with van der Waals surface area (Å²) in [5, 5.41) is 24.0. The number of rotatable bonds is 24. The van der Waals surface area contributed by atoms with E-state index in [1.54, 1.807) is 18.6 Å². The molecule has 9 aliphatic heterocycles. The molecule has 9 saturated heterocycles. The quantitative estimate of drug-likeness (QED) is 0.0245. The Hall–Kier alpha value is -9.75. The average Bonchev–Trinajstić information content (AvgIpc) is 0.762. The van der Waals surface area contributed by atoms with Crippen molar-refractivity contribution in [2.75, 3.05) is 71.2 Å². The van der Waals surface area contributed by atoms with Gasteiger partial charge in [-0.2, -0.15) is 0 Å². The number of piperidine rings is 9.